The maximum absolute atomic E-state index is 12.7. The van der Waals surface area contributed by atoms with E-state index in [1.165, 1.54) is 7.11 Å². The van der Waals surface area contributed by atoms with E-state index in [-0.39, 0.29) is 23.0 Å². The van der Waals surface area contributed by atoms with Crippen LogP contribution in [0, 0.1) is 0 Å². The molecule has 10 heteroatoms. The number of aromatic nitrogens is 1. The lowest BCUT2D eigenvalue weighted by molar-refractivity contribution is -0.679. The number of rotatable bonds is 5. The Morgan fingerprint density at radius 3 is 2.32 bits per heavy atom. The first-order valence-electron chi connectivity index (χ1n) is 11.1. The summed E-state index contributed by atoms with van der Waals surface area (Å²) in [4.78, 5) is 38.2. The minimum Gasteiger partial charge on any atom is -0.423 e. The Morgan fingerprint density at radius 2 is 1.65 bits per heavy atom. The van der Waals surface area contributed by atoms with Gasteiger partial charge in [-0.15, -0.1) is 0 Å². The van der Waals surface area contributed by atoms with E-state index in [1.807, 2.05) is 24.3 Å². The van der Waals surface area contributed by atoms with Crippen molar-refractivity contribution in [3.8, 4) is 0 Å². The maximum Gasteiger partial charge on any atom is 0.298 e. The van der Waals surface area contributed by atoms with Crippen LogP contribution in [-0.4, -0.2) is 67.8 Å². The summed E-state index contributed by atoms with van der Waals surface area (Å²) in [5, 5.41) is 3.10. The highest BCUT2D eigenvalue weighted by Crippen LogP contribution is 2.23. The van der Waals surface area contributed by atoms with Gasteiger partial charge >= 0.3 is 0 Å². The van der Waals surface area contributed by atoms with Gasteiger partial charge in [-0.3, -0.25) is 14.5 Å². The second kappa shape index (κ2) is 10.5. The predicted octanol–water partition coefficient (Wildman–Crippen LogP) is 0.579. The number of piperazine rings is 1. The fraction of sp³-hybridized carbons (Fsp3) is 0.292. The summed E-state index contributed by atoms with van der Waals surface area (Å²) >= 11 is 0. The highest BCUT2D eigenvalue weighted by atomic mass is 16.6. The molecule has 0 bridgehead atoms. The Bertz CT molecular complexity index is 1180. The molecule has 10 nitrogen and oxygen atoms in total. The molecule has 1 aromatic heterocycles. The van der Waals surface area contributed by atoms with Gasteiger partial charge in [0.2, 0.25) is 11.6 Å². The van der Waals surface area contributed by atoms with Crippen LogP contribution in [0.4, 0.5) is 6.01 Å². The van der Waals surface area contributed by atoms with E-state index in [9.17, 15) is 9.59 Å². The van der Waals surface area contributed by atoms with Crippen LogP contribution in [0.1, 0.15) is 20.7 Å². The second-order valence-electron chi connectivity index (χ2n) is 8.00. The number of benzene rings is 2. The summed E-state index contributed by atoms with van der Waals surface area (Å²) < 4.78 is 5.86. The van der Waals surface area contributed by atoms with Crippen molar-refractivity contribution < 1.29 is 24.7 Å². The molecule has 0 amide bonds. The van der Waals surface area contributed by atoms with Crippen LogP contribution >= 0.6 is 0 Å². The number of nitrogens with one attached hydrogen (secondary N) is 1. The molecule has 0 atom stereocenters. The third kappa shape index (κ3) is 4.79. The smallest absolute Gasteiger partial charge is 0.298 e. The Labute approximate surface area is 197 Å². The monoisotopic (exact) mass is 465 g/mol. The van der Waals surface area contributed by atoms with Gasteiger partial charge in [-0.1, -0.05) is 36.4 Å². The fourth-order valence-electron chi connectivity index (χ4n) is 4.07. The topological polar surface area (TPSA) is 142 Å². The van der Waals surface area contributed by atoms with E-state index in [1.54, 1.807) is 24.3 Å². The number of quaternary nitrogens is 1. The highest BCUT2D eigenvalue weighted by molar-refractivity contribution is 6.26. The molecule has 1 aliphatic heterocycles. The summed E-state index contributed by atoms with van der Waals surface area (Å²) in [6.07, 6.45) is 0. The van der Waals surface area contributed by atoms with Crippen LogP contribution in [0.5, 0.6) is 0 Å². The SMILES string of the molecule is CO[NH3+].NC1=C(NCCN2CCN(c3nc4ccccc4o3)CC2)C(=O)c2ccccc2C1=O. The zero-order valence-corrected chi connectivity index (χ0v) is 19.1. The second-order valence-corrected chi connectivity index (χ2v) is 8.00. The number of fused-ring (bicyclic) bond motifs is 2. The van der Waals surface area contributed by atoms with Gasteiger partial charge in [-0.2, -0.15) is 4.98 Å². The van der Waals surface area contributed by atoms with Crippen molar-refractivity contribution >= 4 is 28.7 Å². The van der Waals surface area contributed by atoms with Crippen molar-refractivity contribution in [1.82, 2.24) is 15.2 Å². The van der Waals surface area contributed by atoms with E-state index in [2.05, 4.69) is 30.8 Å². The lowest BCUT2D eigenvalue weighted by Gasteiger charge is -2.34. The van der Waals surface area contributed by atoms with Crippen LogP contribution in [0.2, 0.25) is 0 Å². The van der Waals surface area contributed by atoms with E-state index >= 15 is 0 Å². The predicted molar refractivity (Wildman–Crippen MR) is 127 cm³/mol. The molecular formula is C24H29N6O4+. The number of allylic oxidation sites excluding steroid dienone is 2. The van der Waals surface area contributed by atoms with Crippen molar-refractivity contribution in [2.75, 3.05) is 51.3 Å². The van der Waals surface area contributed by atoms with E-state index in [0.717, 1.165) is 43.8 Å². The molecule has 1 aliphatic carbocycles. The minimum absolute atomic E-state index is 0.00974. The number of nitrogens with two attached hydrogens (primary N) is 1. The average molecular weight is 466 g/mol. The number of carbonyl (C=O) groups excluding carboxylic acids is 2. The van der Waals surface area contributed by atoms with Gasteiger partial charge in [0.05, 0.1) is 7.11 Å². The summed E-state index contributed by atoms with van der Waals surface area (Å²) in [6.45, 7) is 4.58. The molecule has 0 saturated carbocycles. The molecule has 0 radical (unpaired) electrons. The maximum atomic E-state index is 12.7. The van der Waals surface area contributed by atoms with Gasteiger partial charge in [0, 0.05) is 50.4 Å². The fourth-order valence-corrected chi connectivity index (χ4v) is 4.07. The number of nitrogens with zero attached hydrogens (tertiary/aromatic N) is 3. The number of ketones is 2. The number of hydrogen-bond donors (Lipinski definition) is 3. The Hall–Kier alpha value is -3.73. The zero-order valence-electron chi connectivity index (χ0n) is 19.1. The molecule has 2 aliphatic rings. The van der Waals surface area contributed by atoms with Crippen LogP contribution in [-0.2, 0) is 4.84 Å². The first-order chi connectivity index (χ1) is 16.5. The molecule has 2 aromatic carbocycles. The summed E-state index contributed by atoms with van der Waals surface area (Å²) in [5.41, 5.74) is 8.59. The molecule has 1 fully saturated rings. The van der Waals surface area contributed by atoms with Crippen molar-refractivity contribution in [2.45, 2.75) is 0 Å². The van der Waals surface area contributed by atoms with Crippen LogP contribution in [0.15, 0.2) is 64.3 Å². The zero-order chi connectivity index (χ0) is 24.1. The molecular weight excluding hydrogens is 436 g/mol. The Morgan fingerprint density at radius 1 is 1.03 bits per heavy atom. The lowest BCUT2D eigenvalue weighted by atomic mass is 9.90. The van der Waals surface area contributed by atoms with Crippen molar-refractivity contribution in [3.05, 3.63) is 71.1 Å². The normalized spacial score (nSPS) is 16.4. The summed E-state index contributed by atoms with van der Waals surface area (Å²) in [6, 6.07) is 15.2. The Kier molecular flexibility index (Phi) is 7.21. The standard InChI is InChI=1S/C23H23N5O3.CH6NO/c24-19-20(22(30)16-6-2-1-5-15(16)21(19)29)25-9-10-27-11-13-28(14-12-27)23-26-17-7-3-4-8-18(17)31-23;1-3-2/h1-8,25H,9-14,24H2;1-2H3/q;+1. The largest absolute Gasteiger partial charge is 0.423 e. The van der Waals surface area contributed by atoms with Crippen LogP contribution in [0.3, 0.4) is 0 Å². The van der Waals surface area contributed by atoms with E-state index in [0.29, 0.717) is 23.7 Å². The summed E-state index contributed by atoms with van der Waals surface area (Å²) in [7, 11) is 1.51. The van der Waals surface area contributed by atoms with Crippen molar-refractivity contribution in [2.24, 2.45) is 5.73 Å². The first kappa shape index (κ1) is 23.4. The van der Waals surface area contributed by atoms with Gasteiger partial charge < -0.3 is 20.4 Å². The highest BCUT2D eigenvalue weighted by Gasteiger charge is 2.30. The number of oxazole rings is 1. The van der Waals surface area contributed by atoms with Gasteiger partial charge in [-0.25, -0.2) is 10.7 Å². The van der Waals surface area contributed by atoms with E-state index < -0.39 is 0 Å². The molecule has 3 aromatic rings. The molecule has 0 spiro atoms. The van der Waals surface area contributed by atoms with E-state index in [4.69, 9.17) is 10.2 Å². The molecule has 1 saturated heterocycles. The molecule has 6 N–H and O–H groups in total. The van der Waals surface area contributed by atoms with Crippen LogP contribution in [0.25, 0.3) is 11.1 Å². The summed E-state index contributed by atoms with van der Waals surface area (Å²) in [5.74, 6) is 2.46. The quantitative estimate of drug-likeness (QED) is 0.461. The van der Waals surface area contributed by atoms with Gasteiger partial charge in [0.15, 0.2) is 5.58 Å². The van der Waals surface area contributed by atoms with Crippen molar-refractivity contribution in [3.63, 3.8) is 0 Å². The molecule has 5 rings (SSSR count). The third-order valence-electron chi connectivity index (χ3n) is 5.81. The number of Topliss-reactive ketones (excluding diaryl/α,β-unsaturated/α-hetero) is 2. The number of hydrogen-bond acceptors (Lipinski definition) is 9. The Balaban J connectivity index is 0.000000868. The van der Waals surface area contributed by atoms with Gasteiger partial charge in [0.25, 0.3) is 6.01 Å². The van der Waals surface area contributed by atoms with Gasteiger partial charge in [-0.05, 0) is 12.1 Å². The molecule has 178 valence electrons. The van der Waals surface area contributed by atoms with Crippen molar-refractivity contribution in [1.29, 1.82) is 0 Å². The van der Waals surface area contributed by atoms with Gasteiger partial charge in [0.1, 0.15) is 16.9 Å². The molecule has 34 heavy (non-hydrogen) atoms. The minimum atomic E-state index is -0.301. The molecule has 2 heterocycles. The average Bonchev–Trinajstić information content (AvgIpc) is 3.30. The molecule has 0 unspecified atom stereocenters. The first-order valence-corrected chi connectivity index (χ1v) is 11.1. The number of anilines is 1. The number of carbonyl (C=O) groups is 2. The van der Waals surface area contributed by atoms with Crippen LogP contribution < -0.4 is 21.8 Å². The third-order valence-corrected chi connectivity index (χ3v) is 5.81. The number of para-hydroxylation sites is 2. The lowest BCUT2D eigenvalue weighted by Crippen LogP contribution is -2.48.